The summed E-state index contributed by atoms with van der Waals surface area (Å²) in [7, 11) is -9.54. The van der Waals surface area contributed by atoms with E-state index in [-0.39, 0.29) is 23.0 Å². The normalized spacial score (nSPS) is 24.6. The number of anilines is 1. The molecule has 2 aromatic heterocycles. The molecule has 0 aliphatic heterocycles. The minimum Gasteiger partial charge on any atom is -0.396 e. The maximum absolute atomic E-state index is 14.3. The molecular weight excluding hydrogens is 593 g/mol. The van der Waals surface area contributed by atoms with E-state index in [1.807, 2.05) is 0 Å². The summed E-state index contributed by atoms with van der Waals surface area (Å²) in [5.74, 6) is -3.57. The van der Waals surface area contributed by atoms with Crippen molar-refractivity contribution in [2.75, 3.05) is 24.4 Å². The Hall–Kier alpha value is -1.96. The van der Waals surface area contributed by atoms with E-state index in [2.05, 4.69) is 15.4 Å². The van der Waals surface area contributed by atoms with Gasteiger partial charge in [-0.15, -0.1) is 0 Å². The van der Waals surface area contributed by atoms with Gasteiger partial charge in [0.1, 0.15) is 17.1 Å². The molecule has 13 nitrogen and oxygen atoms in total. The zero-order valence-electron chi connectivity index (χ0n) is 21.2. The Morgan fingerprint density at radius 3 is 2.58 bits per heavy atom. The van der Waals surface area contributed by atoms with Crippen molar-refractivity contribution in [3.05, 3.63) is 53.1 Å². The van der Waals surface area contributed by atoms with E-state index in [4.69, 9.17) is 25.9 Å². The number of nitrogens with one attached hydrogen (secondary N) is 1. The van der Waals surface area contributed by atoms with Gasteiger partial charge in [-0.1, -0.05) is 29.8 Å². The van der Waals surface area contributed by atoms with Crippen molar-refractivity contribution in [3.8, 4) is 0 Å². The zero-order valence-corrected chi connectivity index (χ0v) is 23.7. The van der Waals surface area contributed by atoms with Crippen LogP contribution in [0.15, 0.2) is 36.5 Å². The summed E-state index contributed by atoms with van der Waals surface area (Å²) < 4.78 is 43.7. The van der Waals surface area contributed by atoms with Crippen molar-refractivity contribution < 1.29 is 48.0 Å². The topological polar surface area (TPSA) is 207 Å². The van der Waals surface area contributed by atoms with E-state index >= 15 is 0 Å². The van der Waals surface area contributed by atoms with E-state index in [1.165, 1.54) is 16.9 Å². The summed E-state index contributed by atoms with van der Waals surface area (Å²) in [6.45, 7) is 0.563. The van der Waals surface area contributed by atoms with Crippen molar-refractivity contribution in [2.45, 2.75) is 37.6 Å². The van der Waals surface area contributed by atoms with E-state index in [0.717, 1.165) is 0 Å². The van der Waals surface area contributed by atoms with Crippen molar-refractivity contribution in [1.82, 2.24) is 14.8 Å². The van der Waals surface area contributed by atoms with Gasteiger partial charge in [0.2, 0.25) is 0 Å². The van der Waals surface area contributed by atoms with Crippen molar-refractivity contribution in [3.63, 3.8) is 0 Å². The summed E-state index contributed by atoms with van der Waals surface area (Å²) in [6.07, 6.45) is -1.25. The molecule has 0 radical (unpaired) electrons. The number of aromatic nitrogens is 3. The second-order valence-electron chi connectivity index (χ2n) is 9.84. The van der Waals surface area contributed by atoms with Gasteiger partial charge in [-0.25, -0.2) is 14.1 Å². The van der Waals surface area contributed by atoms with Gasteiger partial charge in [-0.3, -0.25) is 9.13 Å². The third kappa shape index (κ3) is 6.91. The highest BCUT2D eigenvalue weighted by Crippen LogP contribution is 2.56. The number of aliphatic hydroxyl groups is 3. The SMILES string of the molecule is C[C@H](Nc1cc(Cl)nc2c1cnn2[C@@H]1C[C@H](C(CO)COP(=O)(O)CP(=O)(O)O)[C@@H](O)[C@H]1O)c1ccccc1F. The van der Waals surface area contributed by atoms with Crippen LogP contribution in [-0.2, 0) is 13.7 Å². The molecule has 7 N–H and O–H groups in total. The van der Waals surface area contributed by atoms with Crippen LogP contribution in [0.2, 0.25) is 5.15 Å². The van der Waals surface area contributed by atoms with Crippen LogP contribution in [0.1, 0.15) is 31.0 Å². The molecule has 17 heteroatoms. The Kier molecular flexibility index (Phi) is 9.38. The predicted molar refractivity (Wildman–Crippen MR) is 143 cm³/mol. The Bertz CT molecular complexity index is 1460. The van der Waals surface area contributed by atoms with Gasteiger partial charge in [0.25, 0.3) is 0 Å². The fourth-order valence-electron chi connectivity index (χ4n) is 5.04. The quantitative estimate of drug-likeness (QED) is 0.122. The third-order valence-corrected chi connectivity index (χ3v) is 10.6. The van der Waals surface area contributed by atoms with Crippen LogP contribution >= 0.6 is 26.8 Å². The third-order valence-electron chi connectivity index (χ3n) is 6.98. The predicted octanol–water partition coefficient (Wildman–Crippen LogP) is 2.63. The van der Waals surface area contributed by atoms with Crippen molar-refractivity contribution in [1.29, 1.82) is 0 Å². The standard InChI is InChI=1S/C23H30ClFN4O9P2/c1-12(14-4-2-3-5-17(14)25)27-18-7-20(24)28-23-16(18)8-26-29(23)19-6-15(21(31)22(19)32)13(9-30)10-38-40(36,37)11-39(33,34)35/h2-5,7-8,12-13,15,19,21-22,30-32H,6,9-11H2,1H3,(H,27,28)(H,36,37)(H2,33,34,35)/t12-,13?,15+,19+,21+,22-/m0/s1. The summed E-state index contributed by atoms with van der Waals surface area (Å²) in [5.41, 5.74) is 1.21. The smallest absolute Gasteiger partial charge is 0.340 e. The molecule has 0 bridgehead atoms. The summed E-state index contributed by atoms with van der Waals surface area (Å²) in [5, 5.41) is 39.7. The first-order chi connectivity index (χ1) is 18.7. The summed E-state index contributed by atoms with van der Waals surface area (Å²) in [4.78, 5) is 32.1. The Morgan fingerprint density at radius 2 is 1.93 bits per heavy atom. The first kappa shape index (κ1) is 31.0. The molecule has 7 atom stereocenters. The molecule has 3 aromatic rings. The maximum atomic E-state index is 14.3. The molecule has 1 saturated carbocycles. The lowest BCUT2D eigenvalue weighted by molar-refractivity contribution is -0.0191. The van der Waals surface area contributed by atoms with Crippen LogP contribution in [0.4, 0.5) is 10.1 Å². The number of rotatable bonds is 11. The molecule has 1 fully saturated rings. The molecule has 0 saturated heterocycles. The van der Waals surface area contributed by atoms with Crippen LogP contribution in [0, 0.1) is 17.7 Å². The molecule has 4 rings (SSSR count). The van der Waals surface area contributed by atoms with Crippen molar-refractivity contribution >= 4 is 43.5 Å². The fraction of sp³-hybridized carbons (Fsp3) is 0.478. The second-order valence-corrected chi connectivity index (χ2v) is 14.2. The Labute approximate surface area is 233 Å². The van der Waals surface area contributed by atoms with Crippen LogP contribution in [0.25, 0.3) is 11.0 Å². The average Bonchev–Trinajstić information content (AvgIpc) is 3.39. The number of aliphatic hydroxyl groups excluding tert-OH is 3. The van der Waals surface area contributed by atoms with Gasteiger partial charge in [0.15, 0.2) is 11.6 Å². The summed E-state index contributed by atoms with van der Waals surface area (Å²) >= 11 is 6.28. The lowest BCUT2D eigenvalue weighted by Gasteiger charge is -2.25. The van der Waals surface area contributed by atoms with E-state index in [1.54, 1.807) is 31.2 Å². The van der Waals surface area contributed by atoms with Crippen LogP contribution in [-0.4, -0.2) is 76.1 Å². The Balaban J connectivity index is 1.56. The largest absolute Gasteiger partial charge is 0.396 e. The molecule has 1 aliphatic rings. The first-order valence-electron chi connectivity index (χ1n) is 12.2. The highest BCUT2D eigenvalue weighted by atomic mass is 35.5. The fourth-order valence-corrected chi connectivity index (χ4v) is 7.84. The van der Waals surface area contributed by atoms with Crippen LogP contribution in [0.3, 0.4) is 0 Å². The van der Waals surface area contributed by atoms with Gasteiger partial charge < -0.3 is 39.8 Å². The van der Waals surface area contributed by atoms with Gasteiger partial charge >= 0.3 is 15.2 Å². The molecule has 2 heterocycles. The molecule has 40 heavy (non-hydrogen) atoms. The first-order valence-corrected chi connectivity index (χ1v) is 16.2. The van der Waals surface area contributed by atoms with Gasteiger partial charge in [-0.2, -0.15) is 5.10 Å². The van der Waals surface area contributed by atoms with E-state index in [9.17, 15) is 33.7 Å². The Morgan fingerprint density at radius 1 is 1.23 bits per heavy atom. The molecule has 1 aromatic carbocycles. The molecule has 220 valence electrons. The number of hydrogen-bond acceptors (Lipinski definition) is 9. The zero-order chi connectivity index (χ0) is 29.4. The van der Waals surface area contributed by atoms with Gasteiger partial charge in [-0.05, 0) is 31.4 Å². The minimum absolute atomic E-state index is 0.0461. The van der Waals surface area contributed by atoms with Gasteiger partial charge in [0, 0.05) is 18.1 Å². The monoisotopic (exact) mass is 622 g/mol. The van der Waals surface area contributed by atoms with Crippen molar-refractivity contribution in [2.24, 2.45) is 11.8 Å². The average molecular weight is 623 g/mol. The van der Waals surface area contributed by atoms with Crippen LogP contribution in [0.5, 0.6) is 0 Å². The highest BCUT2D eigenvalue weighted by molar-refractivity contribution is 7.70. The summed E-state index contributed by atoms with van der Waals surface area (Å²) in [6, 6.07) is 6.57. The lowest BCUT2D eigenvalue weighted by Crippen LogP contribution is -2.34. The highest BCUT2D eigenvalue weighted by Gasteiger charge is 2.47. The molecule has 1 aliphatic carbocycles. The number of hydrogen-bond donors (Lipinski definition) is 7. The number of benzene rings is 1. The number of fused-ring (bicyclic) bond motifs is 1. The lowest BCUT2D eigenvalue weighted by atomic mass is 9.90. The van der Waals surface area contributed by atoms with E-state index in [0.29, 0.717) is 16.6 Å². The molecule has 0 amide bonds. The number of pyridine rings is 1. The maximum Gasteiger partial charge on any atom is 0.340 e. The number of nitrogens with zero attached hydrogens (tertiary/aromatic N) is 3. The number of halogens is 2. The van der Waals surface area contributed by atoms with Gasteiger partial charge in [0.05, 0.1) is 42.1 Å². The molecule has 0 spiro atoms. The second kappa shape index (κ2) is 12.1. The molecular formula is C23H30ClFN4O9P2. The van der Waals surface area contributed by atoms with E-state index < -0.39 is 70.4 Å². The minimum atomic E-state index is -4.85. The molecule has 2 unspecified atom stereocenters. The van der Waals surface area contributed by atoms with Crippen LogP contribution < -0.4 is 5.32 Å².